The predicted octanol–water partition coefficient (Wildman–Crippen LogP) is -0.986. The van der Waals surface area contributed by atoms with E-state index in [9.17, 15) is 9.59 Å². The molecule has 0 amide bonds. The van der Waals surface area contributed by atoms with Gasteiger partial charge in [0, 0.05) is 12.5 Å². The van der Waals surface area contributed by atoms with Crippen LogP contribution in [0.25, 0.3) is 0 Å². The van der Waals surface area contributed by atoms with E-state index in [4.69, 9.17) is 21.1 Å². The van der Waals surface area contributed by atoms with Crippen LogP contribution in [0.2, 0.25) is 0 Å². The second kappa shape index (κ2) is 5.50. The van der Waals surface area contributed by atoms with Gasteiger partial charge >= 0.3 is 11.9 Å². The molecule has 0 aromatic rings. The van der Waals surface area contributed by atoms with E-state index in [0.29, 0.717) is 0 Å². The molecule has 13 heavy (non-hydrogen) atoms. The lowest BCUT2D eigenvalue weighted by Crippen LogP contribution is -2.36. The molecule has 0 heterocycles. The predicted molar refractivity (Wildman–Crippen MR) is 43.1 cm³/mol. The molecule has 0 spiro atoms. The highest BCUT2D eigenvalue weighted by Gasteiger charge is 2.18. The first-order valence-electron chi connectivity index (χ1n) is 3.80. The number of aliphatic carboxylic acids is 2. The first-order chi connectivity index (χ1) is 5.93. The first-order valence-corrected chi connectivity index (χ1v) is 3.80. The molecule has 0 bridgehead atoms. The zero-order chi connectivity index (χ0) is 10.4. The van der Waals surface area contributed by atoms with Crippen LogP contribution in [0.3, 0.4) is 0 Å². The topological polar surface area (TPSA) is 121 Å². The molecule has 0 aliphatic carbocycles. The molecule has 6 heteroatoms. The van der Waals surface area contributed by atoms with Gasteiger partial charge in [0.1, 0.15) is 0 Å². The minimum absolute atomic E-state index is 0.0240. The van der Waals surface area contributed by atoms with Gasteiger partial charge in [0.05, 0.1) is 12.5 Å². The Balaban J connectivity index is 3.75. The lowest BCUT2D eigenvalue weighted by molar-refractivity contribution is -0.138. The van der Waals surface area contributed by atoms with Crippen molar-refractivity contribution < 1.29 is 24.9 Å². The summed E-state index contributed by atoms with van der Waals surface area (Å²) >= 11 is 0. The van der Waals surface area contributed by atoms with Gasteiger partial charge in [-0.15, -0.1) is 0 Å². The maximum atomic E-state index is 10.1. The Morgan fingerprint density at radius 3 is 2.15 bits per heavy atom. The molecule has 0 radical (unpaired) electrons. The number of rotatable bonds is 6. The van der Waals surface area contributed by atoms with Crippen LogP contribution in [-0.4, -0.2) is 39.4 Å². The summed E-state index contributed by atoms with van der Waals surface area (Å²) in [6.45, 7) is 0. The number of nitrogens with two attached hydrogens (primary N) is 1. The van der Waals surface area contributed by atoms with Gasteiger partial charge in [0.25, 0.3) is 0 Å². The van der Waals surface area contributed by atoms with E-state index in [-0.39, 0.29) is 19.3 Å². The van der Waals surface area contributed by atoms with Crippen LogP contribution in [0.1, 0.15) is 19.3 Å². The minimum Gasteiger partial charge on any atom is -0.481 e. The van der Waals surface area contributed by atoms with Gasteiger partial charge in [-0.2, -0.15) is 0 Å². The van der Waals surface area contributed by atoms with E-state index < -0.39 is 24.1 Å². The van der Waals surface area contributed by atoms with Crippen LogP contribution in [-0.2, 0) is 9.59 Å². The van der Waals surface area contributed by atoms with Crippen LogP contribution in [0.4, 0.5) is 0 Å². The van der Waals surface area contributed by atoms with Crippen LogP contribution in [0.15, 0.2) is 0 Å². The van der Waals surface area contributed by atoms with E-state index in [0.717, 1.165) is 0 Å². The van der Waals surface area contributed by atoms with Crippen molar-refractivity contribution in [3.05, 3.63) is 0 Å². The largest absolute Gasteiger partial charge is 0.481 e. The molecule has 0 saturated carbocycles. The highest BCUT2D eigenvalue weighted by atomic mass is 16.4. The van der Waals surface area contributed by atoms with Crippen LogP contribution >= 0.6 is 0 Å². The molecule has 5 N–H and O–H groups in total. The Hall–Kier alpha value is -1.14. The van der Waals surface area contributed by atoms with Crippen LogP contribution < -0.4 is 5.73 Å². The smallest absolute Gasteiger partial charge is 0.305 e. The van der Waals surface area contributed by atoms with Crippen LogP contribution in [0, 0.1) is 0 Å². The molecule has 0 rings (SSSR count). The van der Waals surface area contributed by atoms with Crippen molar-refractivity contribution >= 4 is 11.9 Å². The van der Waals surface area contributed by atoms with Gasteiger partial charge in [-0.3, -0.25) is 9.59 Å². The number of carboxylic acids is 2. The van der Waals surface area contributed by atoms with Gasteiger partial charge in [0.15, 0.2) is 0 Å². The molecule has 0 unspecified atom stereocenters. The zero-order valence-corrected chi connectivity index (χ0v) is 7.01. The normalized spacial score (nSPS) is 14.9. The van der Waals surface area contributed by atoms with E-state index in [1.54, 1.807) is 0 Å². The van der Waals surface area contributed by atoms with Crippen LogP contribution in [0.5, 0.6) is 0 Å². The van der Waals surface area contributed by atoms with Gasteiger partial charge in [-0.1, -0.05) is 0 Å². The molecule has 0 aromatic carbocycles. The summed E-state index contributed by atoms with van der Waals surface area (Å²) in [5.41, 5.74) is 5.28. The first kappa shape index (κ1) is 11.9. The molecule has 76 valence electrons. The molecule has 0 aliphatic rings. The van der Waals surface area contributed by atoms with Gasteiger partial charge in [0.2, 0.25) is 0 Å². The van der Waals surface area contributed by atoms with Crippen molar-refractivity contribution in [2.24, 2.45) is 5.73 Å². The molecule has 0 aliphatic heterocycles. The van der Waals surface area contributed by atoms with E-state index in [1.807, 2.05) is 0 Å². The fourth-order valence-electron chi connectivity index (χ4n) is 0.823. The molecule has 0 aromatic heterocycles. The van der Waals surface area contributed by atoms with Gasteiger partial charge in [-0.25, -0.2) is 0 Å². The molecule has 0 fully saturated rings. The highest BCUT2D eigenvalue weighted by Crippen LogP contribution is 2.03. The van der Waals surface area contributed by atoms with E-state index in [2.05, 4.69) is 0 Å². The number of carbonyl (C=O) groups is 2. The van der Waals surface area contributed by atoms with Crippen molar-refractivity contribution in [2.45, 2.75) is 31.4 Å². The minimum atomic E-state index is -1.11. The monoisotopic (exact) mass is 191 g/mol. The molecular formula is C7H13NO5. The third kappa shape index (κ3) is 6.06. The lowest BCUT2D eigenvalue weighted by atomic mass is 10.0. The van der Waals surface area contributed by atoms with Crippen molar-refractivity contribution in [3.8, 4) is 0 Å². The summed E-state index contributed by atoms with van der Waals surface area (Å²) in [7, 11) is 0. The summed E-state index contributed by atoms with van der Waals surface area (Å²) in [6.07, 6.45) is -1.67. The fourth-order valence-corrected chi connectivity index (χ4v) is 0.823. The Kier molecular flexibility index (Phi) is 5.01. The summed E-state index contributed by atoms with van der Waals surface area (Å²) in [5, 5.41) is 25.7. The SMILES string of the molecule is N[C@@H](CC(=O)O)[C@H](O)CCC(=O)O. The second-order valence-corrected chi connectivity index (χ2v) is 2.76. The standard InChI is InChI=1S/C7H13NO5/c8-4(3-7(12)13)5(9)1-2-6(10)11/h4-5,9H,1-3,8H2,(H,10,11)(H,12,13)/t4-,5+/m0/s1. The quantitative estimate of drug-likeness (QED) is 0.428. The van der Waals surface area contributed by atoms with Crippen molar-refractivity contribution in [1.82, 2.24) is 0 Å². The maximum absolute atomic E-state index is 10.1. The highest BCUT2D eigenvalue weighted by molar-refractivity contribution is 5.68. The Morgan fingerprint density at radius 2 is 1.77 bits per heavy atom. The average Bonchev–Trinajstić information content (AvgIpc) is 1.98. The van der Waals surface area contributed by atoms with E-state index in [1.165, 1.54) is 0 Å². The zero-order valence-electron chi connectivity index (χ0n) is 7.01. The molecule has 2 atom stereocenters. The number of hydrogen-bond acceptors (Lipinski definition) is 4. The number of aliphatic hydroxyl groups is 1. The number of carboxylic acid groups (broad SMARTS) is 2. The number of aliphatic hydroxyl groups excluding tert-OH is 1. The third-order valence-electron chi connectivity index (χ3n) is 1.56. The average molecular weight is 191 g/mol. The van der Waals surface area contributed by atoms with Crippen molar-refractivity contribution in [2.75, 3.05) is 0 Å². The summed E-state index contributed by atoms with van der Waals surface area (Å²) in [5.74, 6) is -2.15. The maximum Gasteiger partial charge on any atom is 0.305 e. The lowest BCUT2D eigenvalue weighted by Gasteiger charge is -2.15. The van der Waals surface area contributed by atoms with E-state index >= 15 is 0 Å². The Morgan fingerprint density at radius 1 is 1.23 bits per heavy atom. The molecular weight excluding hydrogens is 178 g/mol. The third-order valence-corrected chi connectivity index (χ3v) is 1.56. The molecule has 6 nitrogen and oxygen atoms in total. The van der Waals surface area contributed by atoms with Crippen molar-refractivity contribution in [3.63, 3.8) is 0 Å². The Labute approximate surface area is 75.0 Å². The van der Waals surface area contributed by atoms with Gasteiger partial charge in [-0.05, 0) is 6.42 Å². The van der Waals surface area contributed by atoms with Crippen molar-refractivity contribution in [1.29, 1.82) is 0 Å². The summed E-state index contributed by atoms with van der Waals surface area (Å²) < 4.78 is 0. The second-order valence-electron chi connectivity index (χ2n) is 2.76. The summed E-state index contributed by atoms with van der Waals surface area (Å²) in [4.78, 5) is 20.2. The summed E-state index contributed by atoms with van der Waals surface area (Å²) in [6, 6.07) is -0.906. The number of hydrogen-bond donors (Lipinski definition) is 4. The van der Waals surface area contributed by atoms with Gasteiger partial charge < -0.3 is 21.1 Å². The Bertz CT molecular complexity index is 193. The fraction of sp³-hybridized carbons (Fsp3) is 0.714. The molecule has 0 saturated heterocycles.